The van der Waals surface area contributed by atoms with Crippen molar-refractivity contribution < 1.29 is 14.3 Å². The molecule has 0 unspecified atom stereocenters. The maximum Gasteiger partial charge on any atom is 0.347 e. The number of nitro groups is 2. The van der Waals surface area contributed by atoms with Gasteiger partial charge in [0.2, 0.25) is 5.89 Å². The zero-order chi connectivity index (χ0) is 16.6. The highest BCUT2D eigenvalue weighted by molar-refractivity contribution is 5.78. The van der Waals surface area contributed by atoms with E-state index in [-0.39, 0.29) is 16.8 Å². The molecule has 0 amide bonds. The van der Waals surface area contributed by atoms with Crippen molar-refractivity contribution in [2.45, 2.75) is 0 Å². The maximum atomic E-state index is 11.9. The maximum absolute atomic E-state index is 11.9. The summed E-state index contributed by atoms with van der Waals surface area (Å²) in [6.07, 6.45) is 0. The molecule has 0 spiro atoms. The van der Waals surface area contributed by atoms with Crippen molar-refractivity contribution >= 4 is 22.3 Å². The van der Waals surface area contributed by atoms with Crippen LogP contribution in [0.4, 0.5) is 11.4 Å². The molecule has 0 aliphatic rings. The van der Waals surface area contributed by atoms with Crippen molar-refractivity contribution in [3.8, 4) is 11.5 Å². The van der Waals surface area contributed by atoms with Crippen LogP contribution >= 0.6 is 0 Å². The molecule has 0 atom stereocenters. The molecule has 114 valence electrons. The lowest BCUT2D eigenvalue weighted by atomic mass is 10.1. The van der Waals surface area contributed by atoms with E-state index in [2.05, 4.69) is 4.98 Å². The number of nitro benzene ring substituents is 2. The minimum atomic E-state index is -0.768. The van der Waals surface area contributed by atoms with E-state index in [1.807, 2.05) is 0 Å². The van der Waals surface area contributed by atoms with E-state index in [9.17, 15) is 25.0 Å². The number of benzene rings is 2. The highest BCUT2D eigenvalue weighted by Gasteiger charge is 2.19. The number of rotatable bonds is 3. The van der Waals surface area contributed by atoms with Gasteiger partial charge in [-0.3, -0.25) is 20.2 Å². The fraction of sp³-hybridized carbons (Fsp3) is 0. The van der Waals surface area contributed by atoms with Gasteiger partial charge in [-0.25, -0.2) is 9.78 Å². The van der Waals surface area contributed by atoms with Gasteiger partial charge in [0.15, 0.2) is 0 Å². The van der Waals surface area contributed by atoms with Crippen molar-refractivity contribution in [1.82, 2.24) is 4.98 Å². The van der Waals surface area contributed by atoms with Crippen molar-refractivity contribution in [3.63, 3.8) is 0 Å². The number of non-ortho nitro benzene ring substituents is 2. The Morgan fingerprint density at radius 1 is 0.957 bits per heavy atom. The molecule has 9 heteroatoms. The van der Waals surface area contributed by atoms with E-state index in [4.69, 9.17) is 4.42 Å². The summed E-state index contributed by atoms with van der Waals surface area (Å²) in [5.74, 6) is -0.222. The van der Waals surface area contributed by atoms with Crippen molar-refractivity contribution in [3.05, 3.63) is 73.1 Å². The second kappa shape index (κ2) is 5.30. The Morgan fingerprint density at radius 2 is 1.57 bits per heavy atom. The number of aromatic nitrogens is 1. The summed E-state index contributed by atoms with van der Waals surface area (Å²) in [5.41, 5.74) is -1.36. The van der Waals surface area contributed by atoms with Gasteiger partial charge in [-0.1, -0.05) is 12.1 Å². The molecule has 0 saturated carbocycles. The summed E-state index contributed by atoms with van der Waals surface area (Å²) in [7, 11) is 0. The Morgan fingerprint density at radius 3 is 2.17 bits per heavy atom. The monoisotopic (exact) mass is 313 g/mol. The van der Waals surface area contributed by atoms with Gasteiger partial charge in [-0.15, -0.1) is 0 Å². The van der Waals surface area contributed by atoms with E-state index in [1.165, 1.54) is 6.07 Å². The minimum Gasteiger partial charge on any atom is -0.403 e. The Balaban J connectivity index is 2.27. The SMILES string of the molecule is O=c1oc(-c2cc([N+](=O)[O-])cc([N+](=O)[O-])c2)nc2ccccc12. The molecule has 0 N–H and O–H groups in total. The second-order valence-electron chi connectivity index (χ2n) is 4.58. The minimum absolute atomic E-state index is 0.0197. The molecule has 0 saturated heterocycles. The van der Waals surface area contributed by atoms with E-state index >= 15 is 0 Å². The fourth-order valence-corrected chi connectivity index (χ4v) is 2.07. The molecule has 1 heterocycles. The van der Waals surface area contributed by atoms with Crippen LogP contribution in [0.2, 0.25) is 0 Å². The van der Waals surface area contributed by atoms with Crippen LogP contribution in [0.25, 0.3) is 22.4 Å². The lowest BCUT2D eigenvalue weighted by molar-refractivity contribution is -0.394. The van der Waals surface area contributed by atoms with Crippen LogP contribution in [0.3, 0.4) is 0 Å². The Kier molecular flexibility index (Phi) is 3.30. The zero-order valence-electron chi connectivity index (χ0n) is 11.3. The lowest BCUT2D eigenvalue weighted by Crippen LogP contribution is -2.03. The van der Waals surface area contributed by atoms with Crippen LogP contribution in [0.5, 0.6) is 0 Å². The van der Waals surface area contributed by atoms with E-state index in [0.717, 1.165) is 18.2 Å². The molecule has 3 aromatic rings. The molecular weight excluding hydrogens is 306 g/mol. The highest BCUT2D eigenvalue weighted by atomic mass is 16.6. The molecule has 9 nitrogen and oxygen atoms in total. The standard InChI is InChI=1S/C14H7N3O6/c18-14-11-3-1-2-4-12(11)15-13(23-14)8-5-9(16(19)20)7-10(6-8)17(21)22/h1-7H. The predicted octanol–water partition coefficient (Wildman–Crippen LogP) is 2.67. The molecule has 1 aromatic heterocycles. The average Bonchev–Trinajstić information content (AvgIpc) is 2.54. The largest absolute Gasteiger partial charge is 0.403 e. The molecule has 23 heavy (non-hydrogen) atoms. The van der Waals surface area contributed by atoms with Crippen LogP contribution in [0.15, 0.2) is 51.7 Å². The Hall–Kier alpha value is -3.62. The van der Waals surface area contributed by atoms with Gasteiger partial charge < -0.3 is 4.42 Å². The normalized spacial score (nSPS) is 10.6. The Labute approximate surface area is 127 Å². The first-order valence-corrected chi connectivity index (χ1v) is 6.30. The van der Waals surface area contributed by atoms with Gasteiger partial charge >= 0.3 is 5.63 Å². The molecule has 3 rings (SSSR count). The summed E-state index contributed by atoms with van der Waals surface area (Å²) in [6, 6.07) is 9.34. The van der Waals surface area contributed by atoms with E-state index < -0.39 is 26.8 Å². The van der Waals surface area contributed by atoms with E-state index in [1.54, 1.807) is 18.2 Å². The first-order chi connectivity index (χ1) is 11.0. The van der Waals surface area contributed by atoms with Crippen molar-refractivity contribution in [2.75, 3.05) is 0 Å². The molecule has 0 bridgehead atoms. The predicted molar refractivity (Wildman–Crippen MR) is 79.0 cm³/mol. The first-order valence-electron chi connectivity index (χ1n) is 6.30. The fourth-order valence-electron chi connectivity index (χ4n) is 2.07. The topological polar surface area (TPSA) is 129 Å². The van der Waals surface area contributed by atoms with Crippen LogP contribution in [0.1, 0.15) is 0 Å². The summed E-state index contributed by atoms with van der Waals surface area (Å²) in [4.78, 5) is 36.3. The summed E-state index contributed by atoms with van der Waals surface area (Å²) in [5, 5.41) is 22.1. The van der Waals surface area contributed by atoms with Crippen LogP contribution in [0, 0.1) is 20.2 Å². The smallest absolute Gasteiger partial charge is 0.347 e. The van der Waals surface area contributed by atoms with Gasteiger partial charge in [0.25, 0.3) is 11.4 Å². The molecule has 2 aromatic carbocycles. The molecule has 0 aliphatic carbocycles. The van der Waals surface area contributed by atoms with Crippen LogP contribution < -0.4 is 5.63 Å². The molecule has 0 aliphatic heterocycles. The lowest BCUT2D eigenvalue weighted by Gasteiger charge is -2.02. The molecular formula is C14H7N3O6. The third kappa shape index (κ3) is 2.62. The van der Waals surface area contributed by atoms with Gasteiger partial charge in [0, 0.05) is 12.1 Å². The number of para-hydroxylation sites is 1. The number of fused-ring (bicyclic) bond motifs is 1. The Bertz CT molecular complexity index is 979. The summed E-state index contributed by atoms with van der Waals surface area (Å²) >= 11 is 0. The molecule has 0 fully saturated rings. The van der Waals surface area contributed by atoms with E-state index in [0.29, 0.717) is 5.52 Å². The molecule has 0 radical (unpaired) electrons. The first kappa shape index (κ1) is 14.3. The van der Waals surface area contributed by atoms with Crippen molar-refractivity contribution in [2.24, 2.45) is 0 Å². The summed E-state index contributed by atoms with van der Waals surface area (Å²) < 4.78 is 5.03. The third-order valence-corrected chi connectivity index (χ3v) is 3.11. The number of hydrogen-bond acceptors (Lipinski definition) is 7. The second-order valence-corrected chi connectivity index (χ2v) is 4.58. The van der Waals surface area contributed by atoms with Gasteiger partial charge in [-0.05, 0) is 12.1 Å². The van der Waals surface area contributed by atoms with Gasteiger partial charge in [-0.2, -0.15) is 0 Å². The zero-order valence-corrected chi connectivity index (χ0v) is 11.3. The third-order valence-electron chi connectivity index (χ3n) is 3.11. The van der Waals surface area contributed by atoms with Crippen molar-refractivity contribution in [1.29, 1.82) is 0 Å². The number of hydrogen-bond donors (Lipinski definition) is 0. The van der Waals surface area contributed by atoms with Crippen LogP contribution in [-0.2, 0) is 0 Å². The quantitative estimate of drug-likeness (QED) is 0.536. The summed E-state index contributed by atoms with van der Waals surface area (Å²) in [6.45, 7) is 0. The average molecular weight is 313 g/mol. The van der Waals surface area contributed by atoms with Gasteiger partial charge in [0.05, 0.1) is 32.4 Å². The number of nitrogens with zero attached hydrogens (tertiary/aromatic N) is 3. The van der Waals surface area contributed by atoms with Gasteiger partial charge in [0.1, 0.15) is 0 Å². The van der Waals surface area contributed by atoms with Crippen LogP contribution in [-0.4, -0.2) is 14.8 Å². The highest BCUT2D eigenvalue weighted by Crippen LogP contribution is 2.28.